The summed E-state index contributed by atoms with van der Waals surface area (Å²) in [5.74, 6) is 0.591. The summed E-state index contributed by atoms with van der Waals surface area (Å²) in [5, 5.41) is 21.2. The maximum absolute atomic E-state index is 9.58. The van der Waals surface area contributed by atoms with Gasteiger partial charge in [0, 0.05) is 12.0 Å². The number of rotatable bonds is 6. The van der Waals surface area contributed by atoms with Crippen LogP contribution in [0.3, 0.4) is 0 Å². The first-order chi connectivity index (χ1) is 9.23. The zero-order chi connectivity index (χ0) is 13.7. The van der Waals surface area contributed by atoms with Gasteiger partial charge in [-0.05, 0) is 25.7 Å². The number of aliphatic hydroxyl groups is 1. The lowest BCUT2D eigenvalue weighted by Crippen LogP contribution is -2.31. The van der Waals surface area contributed by atoms with E-state index in [-0.39, 0.29) is 12.0 Å². The third-order valence-corrected chi connectivity index (χ3v) is 4.13. The van der Waals surface area contributed by atoms with Gasteiger partial charge >= 0.3 is 0 Å². The predicted octanol–water partition coefficient (Wildman–Crippen LogP) is 1.96. The minimum Gasteiger partial charge on any atom is -0.396 e. The van der Waals surface area contributed by atoms with Crippen molar-refractivity contribution in [1.29, 1.82) is 0 Å². The predicted molar refractivity (Wildman–Crippen MR) is 75.1 cm³/mol. The molecule has 1 aliphatic rings. The quantitative estimate of drug-likeness (QED) is 0.822. The van der Waals surface area contributed by atoms with Crippen LogP contribution in [0.4, 0.5) is 5.95 Å². The molecular formula is C14H24N4O. The highest BCUT2D eigenvalue weighted by molar-refractivity contribution is 5.26. The van der Waals surface area contributed by atoms with Crippen LogP contribution in [-0.2, 0) is 12.8 Å². The lowest BCUT2D eigenvalue weighted by atomic mass is 9.87. The molecule has 0 spiro atoms. The van der Waals surface area contributed by atoms with Crippen LogP contribution in [0, 0.1) is 5.41 Å². The normalized spacial score (nSPS) is 17.6. The number of aryl methyl sites for hydroxylation is 2. The molecule has 1 aliphatic carbocycles. The van der Waals surface area contributed by atoms with Crippen LogP contribution in [0.25, 0.3) is 0 Å². The summed E-state index contributed by atoms with van der Waals surface area (Å²) in [6, 6.07) is 0. The smallest absolute Gasteiger partial charge is 0.242 e. The summed E-state index contributed by atoms with van der Waals surface area (Å²) in [4.78, 5) is 4.52. The molecule has 2 rings (SSSR count). The summed E-state index contributed by atoms with van der Waals surface area (Å²) >= 11 is 0. The van der Waals surface area contributed by atoms with Gasteiger partial charge in [-0.15, -0.1) is 5.10 Å². The Morgan fingerprint density at radius 3 is 2.37 bits per heavy atom. The lowest BCUT2D eigenvalue weighted by molar-refractivity contribution is 0.142. The molecular weight excluding hydrogens is 240 g/mol. The van der Waals surface area contributed by atoms with Gasteiger partial charge in [0.2, 0.25) is 5.95 Å². The minimum atomic E-state index is 0.0131. The summed E-state index contributed by atoms with van der Waals surface area (Å²) in [7, 11) is 0. The fourth-order valence-corrected chi connectivity index (χ4v) is 2.80. The first kappa shape index (κ1) is 14.2. The fraction of sp³-hybridized carbons (Fsp3) is 0.786. The van der Waals surface area contributed by atoms with E-state index >= 15 is 0 Å². The van der Waals surface area contributed by atoms with E-state index in [4.69, 9.17) is 0 Å². The van der Waals surface area contributed by atoms with Gasteiger partial charge in [-0.1, -0.05) is 26.7 Å². The van der Waals surface area contributed by atoms with Crippen molar-refractivity contribution in [2.24, 2.45) is 5.41 Å². The highest BCUT2D eigenvalue weighted by Gasteiger charge is 2.33. The van der Waals surface area contributed by atoms with Crippen LogP contribution in [0.1, 0.15) is 50.9 Å². The fourth-order valence-electron chi connectivity index (χ4n) is 2.80. The summed E-state index contributed by atoms with van der Waals surface area (Å²) < 4.78 is 0. The Morgan fingerprint density at radius 1 is 1.11 bits per heavy atom. The molecule has 1 saturated carbocycles. The molecule has 0 aromatic carbocycles. The monoisotopic (exact) mass is 264 g/mol. The van der Waals surface area contributed by atoms with E-state index in [2.05, 4.69) is 34.3 Å². The SMILES string of the molecule is CCc1nnc(NCC2(CO)CCCC2)nc1CC. The van der Waals surface area contributed by atoms with Gasteiger partial charge in [0.25, 0.3) is 0 Å². The van der Waals surface area contributed by atoms with E-state index in [1.807, 2.05) is 0 Å². The lowest BCUT2D eigenvalue weighted by Gasteiger charge is -2.26. The maximum Gasteiger partial charge on any atom is 0.242 e. The van der Waals surface area contributed by atoms with Gasteiger partial charge in [-0.3, -0.25) is 0 Å². The second-order valence-corrected chi connectivity index (χ2v) is 5.45. The van der Waals surface area contributed by atoms with Gasteiger partial charge < -0.3 is 10.4 Å². The van der Waals surface area contributed by atoms with E-state index in [0.717, 1.165) is 43.6 Å². The van der Waals surface area contributed by atoms with Crippen molar-refractivity contribution in [3.63, 3.8) is 0 Å². The van der Waals surface area contributed by atoms with E-state index < -0.39 is 0 Å². The molecule has 1 aromatic heterocycles. The Balaban J connectivity index is 2.03. The number of anilines is 1. The van der Waals surface area contributed by atoms with Crippen molar-refractivity contribution < 1.29 is 5.11 Å². The average molecular weight is 264 g/mol. The third kappa shape index (κ3) is 3.21. The Bertz CT molecular complexity index is 416. The molecule has 1 aromatic rings. The maximum atomic E-state index is 9.58. The first-order valence-electron chi connectivity index (χ1n) is 7.30. The molecule has 0 saturated heterocycles. The van der Waals surface area contributed by atoms with Gasteiger partial charge in [-0.25, -0.2) is 4.98 Å². The Labute approximate surface area is 114 Å². The zero-order valence-electron chi connectivity index (χ0n) is 11.9. The molecule has 0 bridgehead atoms. The van der Waals surface area contributed by atoms with Crippen LogP contribution in [0.2, 0.25) is 0 Å². The van der Waals surface area contributed by atoms with E-state index in [9.17, 15) is 5.11 Å². The highest BCUT2D eigenvalue weighted by Crippen LogP contribution is 2.37. The molecule has 19 heavy (non-hydrogen) atoms. The summed E-state index contributed by atoms with van der Waals surface area (Å²) in [6.45, 7) is 5.12. The van der Waals surface area contributed by atoms with Crippen molar-refractivity contribution in [2.45, 2.75) is 52.4 Å². The van der Waals surface area contributed by atoms with Crippen LogP contribution < -0.4 is 5.32 Å². The second-order valence-electron chi connectivity index (χ2n) is 5.45. The molecule has 1 heterocycles. The van der Waals surface area contributed by atoms with Gasteiger partial charge in [0.05, 0.1) is 18.0 Å². The molecule has 5 heteroatoms. The Hall–Kier alpha value is -1.23. The highest BCUT2D eigenvalue weighted by atomic mass is 16.3. The zero-order valence-corrected chi connectivity index (χ0v) is 11.9. The third-order valence-electron chi connectivity index (χ3n) is 4.13. The van der Waals surface area contributed by atoms with Gasteiger partial charge in [0.15, 0.2) is 0 Å². The van der Waals surface area contributed by atoms with Crippen LogP contribution in [-0.4, -0.2) is 33.4 Å². The minimum absolute atomic E-state index is 0.0131. The van der Waals surface area contributed by atoms with Crippen molar-refractivity contribution >= 4 is 5.95 Å². The number of hydrogen-bond acceptors (Lipinski definition) is 5. The number of aromatic nitrogens is 3. The van der Waals surface area contributed by atoms with E-state index in [1.165, 1.54) is 12.8 Å². The Morgan fingerprint density at radius 2 is 1.79 bits per heavy atom. The summed E-state index contributed by atoms with van der Waals surface area (Å²) in [6.07, 6.45) is 6.31. The van der Waals surface area contributed by atoms with Crippen molar-refractivity contribution in [3.05, 3.63) is 11.4 Å². The molecule has 2 N–H and O–H groups in total. The average Bonchev–Trinajstić information content (AvgIpc) is 2.94. The summed E-state index contributed by atoms with van der Waals surface area (Å²) in [5.41, 5.74) is 2.01. The van der Waals surface area contributed by atoms with Crippen molar-refractivity contribution in [2.75, 3.05) is 18.5 Å². The number of aliphatic hydroxyl groups excluding tert-OH is 1. The van der Waals surface area contributed by atoms with Crippen LogP contribution in [0.5, 0.6) is 0 Å². The molecule has 5 nitrogen and oxygen atoms in total. The van der Waals surface area contributed by atoms with Crippen molar-refractivity contribution in [1.82, 2.24) is 15.2 Å². The van der Waals surface area contributed by atoms with E-state index in [1.54, 1.807) is 0 Å². The molecule has 0 atom stereocenters. The molecule has 0 unspecified atom stereocenters. The van der Waals surface area contributed by atoms with E-state index in [0.29, 0.717) is 5.95 Å². The molecule has 0 aliphatic heterocycles. The standard InChI is InChI=1S/C14H24N4O/c1-3-11-12(4-2)17-18-13(16-11)15-9-14(10-19)7-5-6-8-14/h19H,3-10H2,1-2H3,(H,15,16,18). The number of hydrogen-bond donors (Lipinski definition) is 2. The Kier molecular flexibility index (Phi) is 4.69. The molecule has 106 valence electrons. The molecule has 1 fully saturated rings. The number of nitrogens with one attached hydrogen (secondary N) is 1. The topological polar surface area (TPSA) is 70.9 Å². The second kappa shape index (κ2) is 6.28. The van der Waals surface area contributed by atoms with Crippen molar-refractivity contribution in [3.8, 4) is 0 Å². The van der Waals surface area contributed by atoms with Gasteiger partial charge in [0.1, 0.15) is 0 Å². The largest absolute Gasteiger partial charge is 0.396 e. The first-order valence-corrected chi connectivity index (χ1v) is 7.30. The molecule has 0 radical (unpaired) electrons. The molecule has 0 amide bonds. The van der Waals surface area contributed by atoms with Gasteiger partial charge in [-0.2, -0.15) is 5.10 Å². The number of nitrogens with zero attached hydrogens (tertiary/aromatic N) is 3. The van der Waals surface area contributed by atoms with Crippen LogP contribution >= 0.6 is 0 Å². The van der Waals surface area contributed by atoms with Crippen LogP contribution in [0.15, 0.2) is 0 Å².